The SMILES string of the molecule is CC(C)(C)OC(=O)NCCOCCOCCOCCOC(=O)C(C)(COC(=O)CCC(=O)N1CCC[C@H]1C(=O)Nc1ccc2c(c1)CCC2)COC(=O)CCC(=O)N1CCC[C@H]1C(=O)Nc1ccc2c(c1)CCC2. The number of benzene rings is 2. The van der Waals surface area contributed by atoms with E-state index in [0.29, 0.717) is 50.1 Å². The van der Waals surface area contributed by atoms with Crippen LogP contribution >= 0.6 is 0 Å². The van der Waals surface area contributed by atoms with Gasteiger partial charge < -0.3 is 58.9 Å². The number of amides is 5. The van der Waals surface area contributed by atoms with Gasteiger partial charge in [-0.05, 0) is 138 Å². The first-order valence-corrected chi connectivity index (χ1v) is 26.1. The number of ether oxygens (including phenoxy) is 7. The predicted molar refractivity (Wildman–Crippen MR) is 270 cm³/mol. The fraction of sp³-hybridized carbons (Fsp3) is 0.630. The van der Waals surface area contributed by atoms with E-state index in [4.69, 9.17) is 33.2 Å². The predicted octanol–water partition coefficient (Wildman–Crippen LogP) is 4.99. The molecule has 0 bridgehead atoms. The number of esters is 3. The summed E-state index contributed by atoms with van der Waals surface area (Å²) in [6.07, 6.45) is 6.68. The average molecular weight is 1030 g/mol. The lowest BCUT2D eigenvalue weighted by Crippen LogP contribution is -2.43. The van der Waals surface area contributed by atoms with Gasteiger partial charge >= 0.3 is 24.0 Å². The fourth-order valence-corrected chi connectivity index (χ4v) is 9.36. The van der Waals surface area contributed by atoms with Gasteiger partial charge in [-0.3, -0.25) is 33.6 Å². The van der Waals surface area contributed by atoms with Gasteiger partial charge in [-0.25, -0.2) is 4.79 Å². The summed E-state index contributed by atoms with van der Waals surface area (Å²) >= 11 is 0. The Labute approximate surface area is 433 Å². The zero-order valence-electron chi connectivity index (χ0n) is 43.5. The molecule has 20 heteroatoms. The summed E-state index contributed by atoms with van der Waals surface area (Å²) < 4.78 is 38.1. The molecule has 2 fully saturated rings. The summed E-state index contributed by atoms with van der Waals surface area (Å²) in [6, 6.07) is 10.4. The van der Waals surface area contributed by atoms with Crippen LogP contribution in [0.15, 0.2) is 36.4 Å². The summed E-state index contributed by atoms with van der Waals surface area (Å²) in [5.41, 5.74) is 4.06. The fourth-order valence-electron chi connectivity index (χ4n) is 9.36. The molecule has 2 aromatic rings. The minimum atomic E-state index is -1.70. The molecule has 406 valence electrons. The normalized spacial score (nSPS) is 17.0. The van der Waals surface area contributed by atoms with Crippen LogP contribution in [0.25, 0.3) is 0 Å². The van der Waals surface area contributed by atoms with Gasteiger partial charge in [-0.1, -0.05) is 12.1 Å². The van der Waals surface area contributed by atoms with Gasteiger partial charge in [0.15, 0.2) is 0 Å². The number of fused-ring (bicyclic) bond motifs is 2. The smallest absolute Gasteiger partial charge is 0.407 e. The highest BCUT2D eigenvalue weighted by Crippen LogP contribution is 2.29. The Kier molecular flexibility index (Phi) is 21.6. The van der Waals surface area contributed by atoms with E-state index < -0.39 is 60.3 Å². The third-order valence-corrected chi connectivity index (χ3v) is 13.3. The van der Waals surface area contributed by atoms with Crippen LogP contribution in [0.5, 0.6) is 0 Å². The van der Waals surface area contributed by atoms with Gasteiger partial charge in [0.2, 0.25) is 23.6 Å². The standard InChI is InChI=1S/C54H75N5O15/c1-53(2,3)74-52(67)55-23-26-68-27-28-69-29-30-70-31-32-71-51(66)54(4,35-72-47(62)21-19-45(60)58-24-7-13-43(58)49(64)56-41-17-15-37-9-5-11-39(37)33-41)36-73-48(63)22-20-46(61)59-25-8-14-44(59)50(65)57-42-18-16-38-10-6-12-40(38)34-42/h15-18,33-34,43-44H,5-14,19-32,35-36H2,1-4H3,(H,55,67)(H,56,64)(H,57,65)/t43-,44-/m0/s1. The van der Waals surface area contributed by atoms with E-state index >= 15 is 0 Å². The Morgan fingerprint density at radius 3 is 1.46 bits per heavy atom. The topological polar surface area (TPSA) is 244 Å². The van der Waals surface area contributed by atoms with Crippen LogP contribution in [-0.2, 0) is 92.4 Å². The van der Waals surface area contributed by atoms with Gasteiger partial charge in [0.1, 0.15) is 42.9 Å². The molecule has 5 amide bonds. The van der Waals surface area contributed by atoms with Crippen LogP contribution in [0.2, 0.25) is 0 Å². The molecule has 2 atom stereocenters. The van der Waals surface area contributed by atoms with Crippen molar-refractivity contribution in [2.45, 2.75) is 135 Å². The zero-order chi connectivity index (χ0) is 53.1. The summed E-state index contributed by atoms with van der Waals surface area (Å²) in [4.78, 5) is 108. The number of hydrogen-bond acceptors (Lipinski definition) is 15. The largest absolute Gasteiger partial charge is 0.464 e. The van der Waals surface area contributed by atoms with Crippen molar-refractivity contribution in [2.75, 3.05) is 89.7 Å². The Morgan fingerprint density at radius 1 is 0.541 bits per heavy atom. The monoisotopic (exact) mass is 1030 g/mol. The van der Waals surface area contributed by atoms with Crippen LogP contribution in [0.3, 0.4) is 0 Å². The Balaban J connectivity index is 0.934. The van der Waals surface area contributed by atoms with Crippen molar-refractivity contribution in [1.29, 1.82) is 0 Å². The summed E-state index contributed by atoms with van der Waals surface area (Å²) in [5, 5.41) is 8.51. The molecule has 0 aromatic heterocycles. The molecule has 3 N–H and O–H groups in total. The first kappa shape index (κ1) is 57.2. The molecule has 2 aliphatic heterocycles. The molecule has 0 spiro atoms. The van der Waals surface area contributed by atoms with Crippen LogP contribution < -0.4 is 16.0 Å². The second kappa shape index (κ2) is 28.0. The van der Waals surface area contributed by atoms with Crippen molar-refractivity contribution < 1.29 is 71.5 Å². The number of anilines is 2. The van der Waals surface area contributed by atoms with E-state index in [1.165, 1.54) is 39.0 Å². The molecule has 74 heavy (non-hydrogen) atoms. The number of hydrogen-bond donors (Lipinski definition) is 3. The number of alkyl carbamates (subject to hydrolysis) is 1. The van der Waals surface area contributed by atoms with Gasteiger partial charge in [-0.2, -0.15) is 0 Å². The van der Waals surface area contributed by atoms with Crippen LogP contribution in [-0.4, -0.2) is 154 Å². The van der Waals surface area contributed by atoms with Crippen LogP contribution in [0.4, 0.5) is 16.2 Å². The van der Waals surface area contributed by atoms with Crippen LogP contribution in [0, 0.1) is 5.41 Å². The molecule has 0 radical (unpaired) electrons. The lowest BCUT2D eigenvalue weighted by atomic mass is 9.93. The average Bonchev–Trinajstić information content (AvgIpc) is 4.22. The molecule has 0 unspecified atom stereocenters. The molecule has 6 rings (SSSR count). The lowest BCUT2D eigenvalue weighted by Gasteiger charge is -2.27. The summed E-state index contributed by atoms with van der Waals surface area (Å²) in [5.74, 6) is -3.79. The number of likely N-dealkylation sites (tertiary alicyclic amines) is 2. The zero-order valence-corrected chi connectivity index (χ0v) is 43.5. The third kappa shape index (κ3) is 17.8. The lowest BCUT2D eigenvalue weighted by molar-refractivity contribution is -0.171. The highest BCUT2D eigenvalue weighted by atomic mass is 16.6. The molecule has 2 aliphatic carbocycles. The van der Waals surface area contributed by atoms with Crippen LogP contribution in [0.1, 0.15) is 114 Å². The van der Waals surface area contributed by atoms with Crippen molar-refractivity contribution >= 4 is 59.0 Å². The van der Waals surface area contributed by atoms with Gasteiger partial charge in [0.05, 0.1) is 52.5 Å². The van der Waals surface area contributed by atoms with Crippen molar-refractivity contribution in [3.05, 3.63) is 58.7 Å². The molecule has 2 aromatic carbocycles. The number of carbonyl (C=O) groups is 8. The highest BCUT2D eigenvalue weighted by Gasteiger charge is 2.40. The van der Waals surface area contributed by atoms with E-state index in [-0.39, 0.29) is 102 Å². The highest BCUT2D eigenvalue weighted by molar-refractivity contribution is 5.99. The second-order valence-electron chi connectivity index (χ2n) is 20.4. The molecule has 0 saturated carbocycles. The number of carbonyl (C=O) groups excluding carboxylic acids is 8. The van der Waals surface area contributed by atoms with E-state index in [0.717, 1.165) is 38.5 Å². The van der Waals surface area contributed by atoms with E-state index in [1.807, 2.05) is 36.4 Å². The van der Waals surface area contributed by atoms with Gasteiger partial charge in [0.25, 0.3) is 0 Å². The number of aryl methyl sites for hydroxylation is 4. The maximum atomic E-state index is 13.6. The van der Waals surface area contributed by atoms with Crippen molar-refractivity contribution in [1.82, 2.24) is 15.1 Å². The molecular formula is C54H75N5O15. The number of nitrogens with one attached hydrogen (secondary N) is 3. The second-order valence-corrected chi connectivity index (χ2v) is 20.4. The van der Waals surface area contributed by atoms with Crippen molar-refractivity contribution in [3.8, 4) is 0 Å². The Hall–Kier alpha value is -6.12. The molecule has 2 heterocycles. The van der Waals surface area contributed by atoms with Crippen molar-refractivity contribution in [2.24, 2.45) is 5.41 Å². The van der Waals surface area contributed by atoms with E-state index in [1.54, 1.807) is 20.8 Å². The third-order valence-electron chi connectivity index (χ3n) is 13.3. The summed E-state index contributed by atoms with van der Waals surface area (Å²) in [6.45, 7) is 7.64. The van der Waals surface area contributed by atoms with E-state index in [9.17, 15) is 38.4 Å². The molecule has 20 nitrogen and oxygen atoms in total. The number of rotatable bonds is 27. The van der Waals surface area contributed by atoms with Gasteiger partial charge in [0, 0.05) is 43.9 Å². The molecule has 2 saturated heterocycles. The number of nitrogens with zero attached hydrogens (tertiary/aromatic N) is 2. The summed E-state index contributed by atoms with van der Waals surface area (Å²) in [7, 11) is 0. The van der Waals surface area contributed by atoms with E-state index in [2.05, 4.69) is 16.0 Å². The first-order chi connectivity index (χ1) is 35.5. The molecule has 4 aliphatic rings. The maximum absolute atomic E-state index is 13.6. The maximum Gasteiger partial charge on any atom is 0.407 e. The van der Waals surface area contributed by atoms with Gasteiger partial charge in [-0.15, -0.1) is 0 Å². The molecular weight excluding hydrogens is 959 g/mol. The quantitative estimate of drug-likeness (QED) is 0.0606. The minimum Gasteiger partial charge on any atom is -0.464 e. The first-order valence-electron chi connectivity index (χ1n) is 26.1. The Bertz CT molecular complexity index is 2180. The van der Waals surface area contributed by atoms with Crippen molar-refractivity contribution in [3.63, 3.8) is 0 Å². The minimum absolute atomic E-state index is 0.00647. The Morgan fingerprint density at radius 2 is 0.986 bits per heavy atom.